The molecule has 0 aliphatic heterocycles. The Kier molecular flexibility index (Phi) is 2.85. The average molecular weight is 203 g/mol. The number of aromatic nitrogens is 1. The van der Waals surface area contributed by atoms with Crippen molar-refractivity contribution in [3.8, 4) is 0 Å². The number of carbonyl (C=O) groups is 1. The minimum atomic E-state index is 0.284. The highest BCUT2D eigenvalue weighted by molar-refractivity contribution is 5.75. The molecular weight excluding hydrogens is 186 g/mol. The van der Waals surface area contributed by atoms with Crippen LogP contribution in [0.15, 0.2) is 18.3 Å². The number of pyridine rings is 1. The van der Waals surface area contributed by atoms with E-state index in [1.165, 1.54) is 11.3 Å². The van der Waals surface area contributed by atoms with Crippen LogP contribution < -0.4 is 0 Å². The summed E-state index contributed by atoms with van der Waals surface area (Å²) in [4.78, 5) is 15.6. The maximum Gasteiger partial charge on any atom is 0.130 e. The van der Waals surface area contributed by atoms with Gasteiger partial charge >= 0.3 is 0 Å². The van der Waals surface area contributed by atoms with Gasteiger partial charge in [-0.05, 0) is 37.3 Å². The molecule has 0 spiro atoms. The van der Waals surface area contributed by atoms with Crippen LogP contribution in [0, 0.1) is 5.92 Å². The average Bonchev–Trinajstić information content (AvgIpc) is 2.59. The quantitative estimate of drug-likeness (QED) is 0.756. The minimum absolute atomic E-state index is 0.284. The van der Waals surface area contributed by atoms with Crippen LogP contribution in [0.2, 0.25) is 0 Å². The molecule has 1 aliphatic rings. The van der Waals surface area contributed by atoms with Crippen molar-refractivity contribution in [2.45, 2.75) is 39.0 Å². The van der Waals surface area contributed by atoms with Crippen LogP contribution in [0.1, 0.15) is 43.9 Å². The normalized spacial score (nSPS) is 21.1. The highest BCUT2D eigenvalue weighted by atomic mass is 16.1. The first-order valence-electron chi connectivity index (χ1n) is 5.61. The summed E-state index contributed by atoms with van der Waals surface area (Å²) in [5, 5.41) is 0. The van der Waals surface area contributed by atoms with Crippen LogP contribution in [-0.2, 0) is 11.2 Å². The molecule has 0 amide bonds. The number of ketones is 1. The van der Waals surface area contributed by atoms with E-state index in [4.69, 9.17) is 0 Å². The van der Waals surface area contributed by atoms with Crippen molar-refractivity contribution in [3.05, 3.63) is 29.6 Å². The van der Waals surface area contributed by atoms with Crippen LogP contribution in [0.5, 0.6) is 0 Å². The Labute approximate surface area is 90.7 Å². The molecule has 2 heteroatoms. The Morgan fingerprint density at radius 3 is 3.20 bits per heavy atom. The van der Waals surface area contributed by atoms with E-state index in [0.717, 1.165) is 12.8 Å². The van der Waals surface area contributed by atoms with Gasteiger partial charge in [0.15, 0.2) is 0 Å². The zero-order valence-corrected chi connectivity index (χ0v) is 9.36. The Hall–Kier alpha value is -1.18. The van der Waals surface area contributed by atoms with E-state index in [0.29, 0.717) is 18.3 Å². The lowest BCUT2D eigenvalue weighted by Crippen LogP contribution is -2.11. The van der Waals surface area contributed by atoms with Crippen molar-refractivity contribution in [3.63, 3.8) is 0 Å². The molecule has 1 aromatic heterocycles. The number of nitrogens with zero attached hydrogens (tertiary/aromatic N) is 1. The summed E-state index contributed by atoms with van der Waals surface area (Å²) < 4.78 is 0. The Balaban J connectivity index is 2.16. The van der Waals surface area contributed by atoms with E-state index in [1.54, 1.807) is 6.92 Å². The van der Waals surface area contributed by atoms with Gasteiger partial charge in [-0.15, -0.1) is 0 Å². The lowest BCUT2D eigenvalue weighted by atomic mass is 9.88. The van der Waals surface area contributed by atoms with Gasteiger partial charge in [0.2, 0.25) is 0 Å². The topological polar surface area (TPSA) is 30.0 Å². The highest BCUT2D eigenvalue weighted by Crippen LogP contribution is 2.37. The summed E-state index contributed by atoms with van der Waals surface area (Å²) in [5.41, 5.74) is 2.60. The minimum Gasteiger partial charge on any atom is -0.300 e. The Morgan fingerprint density at radius 2 is 2.47 bits per heavy atom. The third-order valence-electron chi connectivity index (χ3n) is 3.30. The molecule has 0 saturated carbocycles. The number of Topliss-reactive ketones (excluding diaryl/α,β-unsaturated/α-hetero) is 1. The van der Waals surface area contributed by atoms with Crippen molar-refractivity contribution in [2.24, 2.45) is 5.92 Å². The fourth-order valence-corrected chi connectivity index (χ4v) is 2.59. The summed E-state index contributed by atoms with van der Waals surface area (Å²) in [5.74, 6) is 1.20. The summed E-state index contributed by atoms with van der Waals surface area (Å²) in [6.45, 7) is 3.83. The molecule has 0 aromatic carbocycles. The van der Waals surface area contributed by atoms with Crippen molar-refractivity contribution < 1.29 is 4.79 Å². The van der Waals surface area contributed by atoms with Crippen molar-refractivity contribution in [2.75, 3.05) is 0 Å². The summed E-state index contributed by atoms with van der Waals surface area (Å²) in [6.07, 6.45) is 4.81. The second-order valence-corrected chi connectivity index (χ2v) is 4.58. The monoisotopic (exact) mass is 203 g/mol. The van der Waals surface area contributed by atoms with E-state index in [-0.39, 0.29) is 5.78 Å². The molecule has 80 valence electrons. The molecule has 2 nitrogen and oxygen atoms in total. The van der Waals surface area contributed by atoms with Gasteiger partial charge in [0, 0.05) is 24.2 Å². The van der Waals surface area contributed by atoms with Crippen LogP contribution >= 0.6 is 0 Å². The summed E-state index contributed by atoms with van der Waals surface area (Å²) >= 11 is 0. The molecule has 0 N–H and O–H groups in total. The van der Waals surface area contributed by atoms with Gasteiger partial charge in [-0.1, -0.05) is 13.0 Å². The molecule has 1 aliphatic carbocycles. The molecule has 2 unspecified atom stereocenters. The molecule has 0 saturated heterocycles. The number of carbonyl (C=O) groups excluding carboxylic acids is 1. The molecular formula is C13H17NO. The van der Waals surface area contributed by atoms with Gasteiger partial charge in [0.05, 0.1) is 0 Å². The molecule has 15 heavy (non-hydrogen) atoms. The Morgan fingerprint density at radius 1 is 1.67 bits per heavy atom. The van der Waals surface area contributed by atoms with Crippen molar-refractivity contribution in [1.82, 2.24) is 4.98 Å². The fourth-order valence-electron chi connectivity index (χ4n) is 2.59. The van der Waals surface area contributed by atoms with E-state index in [9.17, 15) is 4.79 Å². The smallest absolute Gasteiger partial charge is 0.130 e. The molecule has 1 heterocycles. The van der Waals surface area contributed by atoms with E-state index in [2.05, 4.69) is 18.0 Å². The maximum absolute atomic E-state index is 11.1. The number of hydrogen-bond acceptors (Lipinski definition) is 2. The van der Waals surface area contributed by atoms with Gasteiger partial charge in [0.25, 0.3) is 0 Å². The SMILES string of the molecule is CC(=O)CC(C)C1CCc2cccnc21. The van der Waals surface area contributed by atoms with Crippen LogP contribution in [0.3, 0.4) is 0 Å². The third kappa shape index (κ3) is 2.09. The molecule has 2 atom stereocenters. The van der Waals surface area contributed by atoms with Crippen LogP contribution in [0.4, 0.5) is 0 Å². The van der Waals surface area contributed by atoms with Crippen LogP contribution in [-0.4, -0.2) is 10.8 Å². The van der Waals surface area contributed by atoms with Crippen molar-refractivity contribution in [1.29, 1.82) is 0 Å². The molecule has 0 fully saturated rings. The summed E-state index contributed by atoms with van der Waals surface area (Å²) in [6, 6.07) is 4.15. The first-order chi connectivity index (χ1) is 7.18. The molecule has 0 radical (unpaired) electrons. The predicted molar refractivity (Wildman–Crippen MR) is 59.8 cm³/mol. The largest absolute Gasteiger partial charge is 0.300 e. The lowest BCUT2D eigenvalue weighted by Gasteiger charge is -2.17. The molecule has 1 aromatic rings. The molecule has 2 rings (SSSR count). The number of fused-ring (bicyclic) bond motifs is 1. The van der Waals surface area contributed by atoms with E-state index >= 15 is 0 Å². The van der Waals surface area contributed by atoms with Gasteiger partial charge in [-0.2, -0.15) is 0 Å². The number of rotatable bonds is 3. The first kappa shape index (κ1) is 10.3. The zero-order valence-electron chi connectivity index (χ0n) is 9.36. The fraction of sp³-hybridized carbons (Fsp3) is 0.538. The second-order valence-electron chi connectivity index (χ2n) is 4.58. The van der Waals surface area contributed by atoms with Gasteiger partial charge < -0.3 is 4.79 Å². The predicted octanol–water partition coefficient (Wildman–Crippen LogP) is 2.73. The third-order valence-corrected chi connectivity index (χ3v) is 3.30. The van der Waals surface area contributed by atoms with E-state index < -0.39 is 0 Å². The van der Waals surface area contributed by atoms with E-state index in [1.807, 2.05) is 12.3 Å². The maximum atomic E-state index is 11.1. The van der Waals surface area contributed by atoms with Gasteiger partial charge in [-0.3, -0.25) is 4.98 Å². The summed E-state index contributed by atoms with van der Waals surface area (Å²) in [7, 11) is 0. The highest BCUT2D eigenvalue weighted by Gasteiger charge is 2.28. The molecule has 0 bridgehead atoms. The Bertz CT molecular complexity index is 373. The lowest BCUT2D eigenvalue weighted by molar-refractivity contribution is -0.117. The number of aryl methyl sites for hydroxylation is 1. The second kappa shape index (κ2) is 4.13. The number of hydrogen-bond donors (Lipinski definition) is 0. The zero-order chi connectivity index (χ0) is 10.8. The van der Waals surface area contributed by atoms with Crippen molar-refractivity contribution >= 4 is 5.78 Å². The first-order valence-corrected chi connectivity index (χ1v) is 5.61. The van der Waals surface area contributed by atoms with Gasteiger partial charge in [-0.25, -0.2) is 0 Å². The van der Waals surface area contributed by atoms with Gasteiger partial charge in [0.1, 0.15) is 5.78 Å². The van der Waals surface area contributed by atoms with Crippen LogP contribution in [0.25, 0.3) is 0 Å². The standard InChI is InChI=1S/C13H17NO/c1-9(8-10(2)15)12-6-5-11-4-3-7-14-13(11)12/h3-4,7,9,12H,5-6,8H2,1-2H3.